The Labute approximate surface area is 215 Å². The number of carbonyl (C=O) groups excluding carboxylic acids is 5. The number of pyridine rings is 1. The maximum atomic E-state index is 13.5. The quantitative estimate of drug-likeness (QED) is 0.195. The Morgan fingerprint density at radius 2 is 1.59 bits per heavy atom. The van der Waals surface area contributed by atoms with Crippen LogP contribution in [0.2, 0.25) is 0 Å². The van der Waals surface area contributed by atoms with Gasteiger partial charge in [0, 0.05) is 24.7 Å². The van der Waals surface area contributed by atoms with E-state index in [0.29, 0.717) is 31.4 Å². The monoisotopic (exact) mass is 510 g/mol. The molecule has 2 aromatic rings. The molecule has 1 aromatic carbocycles. The van der Waals surface area contributed by atoms with Gasteiger partial charge in [-0.15, -0.1) is 0 Å². The van der Waals surface area contributed by atoms with Gasteiger partial charge in [-0.05, 0) is 43.5 Å². The lowest BCUT2D eigenvalue weighted by Gasteiger charge is -2.23. The number of nitrogens with one attached hydrogen (secondary N) is 2. The first-order valence-electron chi connectivity index (χ1n) is 12.1. The van der Waals surface area contributed by atoms with Gasteiger partial charge in [-0.3, -0.25) is 29.0 Å². The van der Waals surface area contributed by atoms with E-state index in [4.69, 9.17) is 17.2 Å². The van der Waals surface area contributed by atoms with Crippen LogP contribution in [-0.2, 0) is 25.6 Å². The van der Waals surface area contributed by atoms with Crippen molar-refractivity contribution in [2.75, 3.05) is 6.54 Å². The molecule has 3 atom stereocenters. The van der Waals surface area contributed by atoms with Crippen LogP contribution < -0.4 is 27.8 Å². The zero-order chi connectivity index (χ0) is 27.2. The molecule has 37 heavy (non-hydrogen) atoms. The molecule has 4 amide bonds. The molecular weight excluding hydrogens is 476 g/mol. The predicted octanol–water partition coefficient (Wildman–Crippen LogP) is -0.0274. The number of hydrogen-bond acceptors (Lipinski definition) is 7. The Kier molecular flexibility index (Phi) is 11.9. The number of rotatable bonds is 16. The second-order valence-corrected chi connectivity index (χ2v) is 8.74. The van der Waals surface area contributed by atoms with Crippen LogP contribution in [0.3, 0.4) is 0 Å². The van der Waals surface area contributed by atoms with Crippen molar-refractivity contribution in [3.05, 3.63) is 66.0 Å². The molecule has 0 radical (unpaired) electrons. The molecule has 0 fully saturated rings. The predicted molar refractivity (Wildman–Crippen MR) is 137 cm³/mol. The molecule has 198 valence electrons. The zero-order valence-electron chi connectivity index (χ0n) is 20.6. The number of unbranched alkanes of at least 4 members (excludes halogenated alkanes) is 1. The van der Waals surface area contributed by atoms with Gasteiger partial charge in [0.05, 0.1) is 18.0 Å². The number of nitrogens with zero attached hydrogens (tertiary/aromatic N) is 1. The van der Waals surface area contributed by atoms with Crippen LogP contribution in [0.1, 0.15) is 48.0 Å². The molecule has 0 bridgehead atoms. The third-order valence-electron chi connectivity index (χ3n) is 5.79. The molecule has 1 aromatic heterocycles. The first-order valence-corrected chi connectivity index (χ1v) is 12.1. The smallest absolute Gasteiger partial charge is 0.253 e. The number of nitrogens with two attached hydrogens (primary N) is 3. The van der Waals surface area contributed by atoms with Gasteiger partial charge in [0.15, 0.2) is 5.78 Å². The average molecular weight is 511 g/mol. The molecule has 0 aliphatic carbocycles. The summed E-state index contributed by atoms with van der Waals surface area (Å²) in [5, 5.41) is 5.20. The SMILES string of the molecule is NCCCC[C@H](CC(=O)[C@H](Cc1ccccc1)NC(=O)c1cccnc1)C(=O)N[C@@H](CC(N)=O)C(N)=O. The number of Topliss-reactive ketones (excluding diaryl/α,β-unsaturated/α-hetero) is 1. The van der Waals surface area contributed by atoms with Gasteiger partial charge in [0.25, 0.3) is 5.91 Å². The standard InChI is InChI=1S/C26H34N6O5/c27-11-5-4-9-18(25(36)32-21(24(29)35)15-23(28)34)14-22(33)20(13-17-7-2-1-3-8-17)31-26(37)19-10-6-12-30-16-19/h1-3,6-8,10,12,16,18,20-21H,4-5,9,11,13-15,27H2,(H2,28,34)(H2,29,35)(H,31,37)(H,32,36)/t18-,20+,21+/m1/s1. The van der Waals surface area contributed by atoms with E-state index in [1.54, 1.807) is 12.1 Å². The molecule has 0 aliphatic rings. The first-order chi connectivity index (χ1) is 17.7. The molecule has 11 nitrogen and oxygen atoms in total. The summed E-state index contributed by atoms with van der Waals surface area (Å²) in [4.78, 5) is 66.2. The van der Waals surface area contributed by atoms with E-state index in [2.05, 4.69) is 15.6 Å². The second-order valence-electron chi connectivity index (χ2n) is 8.74. The minimum Gasteiger partial charge on any atom is -0.370 e. The molecule has 0 aliphatic heterocycles. The summed E-state index contributed by atoms with van der Waals surface area (Å²) in [6.45, 7) is 0.408. The van der Waals surface area contributed by atoms with E-state index >= 15 is 0 Å². The maximum Gasteiger partial charge on any atom is 0.253 e. The van der Waals surface area contributed by atoms with E-state index in [1.807, 2.05) is 30.3 Å². The van der Waals surface area contributed by atoms with E-state index in [1.165, 1.54) is 12.4 Å². The third-order valence-corrected chi connectivity index (χ3v) is 5.79. The molecule has 11 heteroatoms. The van der Waals surface area contributed by atoms with Crippen molar-refractivity contribution in [2.24, 2.45) is 23.1 Å². The fourth-order valence-electron chi connectivity index (χ4n) is 3.79. The Morgan fingerprint density at radius 3 is 2.19 bits per heavy atom. The summed E-state index contributed by atoms with van der Waals surface area (Å²) < 4.78 is 0. The Bertz CT molecular complexity index is 1060. The summed E-state index contributed by atoms with van der Waals surface area (Å²) in [5.41, 5.74) is 17.2. The Hall–Kier alpha value is -4.12. The molecule has 0 unspecified atom stereocenters. The highest BCUT2D eigenvalue weighted by Gasteiger charge is 2.30. The highest BCUT2D eigenvalue weighted by atomic mass is 16.2. The van der Waals surface area contributed by atoms with Crippen LogP contribution in [-0.4, -0.2) is 53.0 Å². The molecular formula is C26H34N6O5. The summed E-state index contributed by atoms with van der Waals surface area (Å²) in [6.07, 6.45) is 3.98. The fourth-order valence-corrected chi connectivity index (χ4v) is 3.79. The highest BCUT2D eigenvalue weighted by molar-refractivity contribution is 5.99. The minimum atomic E-state index is -1.29. The Morgan fingerprint density at radius 1 is 0.865 bits per heavy atom. The molecule has 8 N–H and O–H groups in total. The van der Waals surface area contributed by atoms with Crippen LogP contribution >= 0.6 is 0 Å². The van der Waals surface area contributed by atoms with Gasteiger partial charge in [0.2, 0.25) is 17.7 Å². The van der Waals surface area contributed by atoms with Crippen LogP contribution in [0.4, 0.5) is 0 Å². The third kappa shape index (κ3) is 10.2. The number of primary amides is 2. The van der Waals surface area contributed by atoms with Crippen LogP contribution in [0.5, 0.6) is 0 Å². The number of amides is 4. The highest BCUT2D eigenvalue weighted by Crippen LogP contribution is 2.17. The molecule has 0 spiro atoms. The van der Waals surface area contributed by atoms with E-state index < -0.39 is 48.1 Å². The number of benzene rings is 1. The lowest BCUT2D eigenvalue weighted by molar-refractivity contribution is -0.133. The average Bonchev–Trinajstić information content (AvgIpc) is 2.88. The number of ketones is 1. The first kappa shape index (κ1) is 29.1. The van der Waals surface area contributed by atoms with Crippen molar-refractivity contribution in [3.8, 4) is 0 Å². The molecule has 0 saturated heterocycles. The lowest BCUT2D eigenvalue weighted by Crippen LogP contribution is -2.49. The number of hydrogen-bond donors (Lipinski definition) is 5. The van der Waals surface area contributed by atoms with Gasteiger partial charge in [-0.1, -0.05) is 36.8 Å². The second kappa shape index (κ2) is 15.1. The van der Waals surface area contributed by atoms with Gasteiger partial charge in [0.1, 0.15) is 6.04 Å². The van der Waals surface area contributed by atoms with E-state index in [9.17, 15) is 24.0 Å². The lowest BCUT2D eigenvalue weighted by atomic mass is 9.90. The topological polar surface area (TPSA) is 200 Å². The summed E-state index contributed by atoms with van der Waals surface area (Å²) in [5.74, 6) is -3.98. The number of carbonyl (C=O) groups is 5. The summed E-state index contributed by atoms with van der Waals surface area (Å²) in [7, 11) is 0. The van der Waals surface area contributed by atoms with E-state index in [-0.39, 0.29) is 18.6 Å². The van der Waals surface area contributed by atoms with Crippen LogP contribution in [0.25, 0.3) is 0 Å². The number of aromatic nitrogens is 1. The van der Waals surface area contributed by atoms with Crippen molar-refractivity contribution in [1.29, 1.82) is 0 Å². The molecule has 1 heterocycles. The largest absolute Gasteiger partial charge is 0.370 e. The zero-order valence-corrected chi connectivity index (χ0v) is 20.6. The van der Waals surface area contributed by atoms with Crippen molar-refractivity contribution < 1.29 is 24.0 Å². The minimum absolute atomic E-state index is 0.205. The summed E-state index contributed by atoms with van der Waals surface area (Å²) in [6, 6.07) is 10.2. The van der Waals surface area contributed by atoms with E-state index in [0.717, 1.165) is 5.56 Å². The van der Waals surface area contributed by atoms with Crippen LogP contribution in [0.15, 0.2) is 54.9 Å². The van der Waals surface area contributed by atoms with Gasteiger partial charge in [-0.25, -0.2) is 0 Å². The van der Waals surface area contributed by atoms with Gasteiger partial charge < -0.3 is 27.8 Å². The molecule has 0 saturated carbocycles. The van der Waals surface area contributed by atoms with Gasteiger partial charge in [-0.2, -0.15) is 0 Å². The summed E-state index contributed by atoms with van der Waals surface area (Å²) >= 11 is 0. The van der Waals surface area contributed by atoms with Crippen molar-refractivity contribution in [2.45, 2.75) is 50.6 Å². The van der Waals surface area contributed by atoms with Gasteiger partial charge >= 0.3 is 0 Å². The molecule has 2 rings (SSSR count). The van der Waals surface area contributed by atoms with Crippen molar-refractivity contribution in [3.63, 3.8) is 0 Å². The van der Waals surface area contributed by atoms with Crippen molar-refractivity contribution in [1.82, 2.24) is 15.6 Å². The fraction of sp³-hybridized carbons (Fsp3) is 0.385. The van der Waals surface area contributed by atoms with Crippen molar-refractivity contribution >= 4 is 29.4 Å². The van der Waals surface area contributed by atoms with Crippen LogP contribution in [0, 0.1) is 5.92 Å². The maximum absolute atomic E-state index is 13.5. The Balaban J connectivity index is 2.23. The normalized spacial score (nSPS) is 13.1.